The summed E-state index contributed by atoms with van der Waals surface area (Å²) in [5, 5.41) is 0. The molecule has 0 fully saturated rings. The fourth-order valence-electron chi connectivity index (χ4n) is 1.75. The van der Waals surface area contributed by atoms with E-state index in [1.807, 2.05) is 0 Å². The highest BCUT2D eigenvalue weighted by atomic mass is 16.5. The van der Waals surface area contributed by atoms with E-state index in [1.165, 1.54) is 0 Å². The van der Waals surface area contributed by atoms with Crippen molar-refractivity contribution in [1.82, 2.24) is 4.98 Å². The van der Waals surface area contributed by atoms with Crippen LogP contribution in [0, 0.1) is 5.92 Å². The molecular formula is C17H19NO4. The van der Waals surface area contributed by atoms with Crippen molar-refractivity contribution in [3.8, 4) is 5.75 Å². The maximum absolute atomic E-state index is 11.9. The summed E-state index contributed by atoms with van der Waals surface area (Å²) in [5.74, 6) is 0.335. The maximum atomic E-state index is 11.9. The van der Waals surface area contributed by atoms with E-state index in [2.05, 4.69) is 18.8 Å². The van der Waals surface area contributed by atoms with Crippen LogP contribution in [-0.4, -0.2) is 30.0 Å². The third-order valence-corrected chi connectivity index (χ3v) is 2.91. The van der Waals surface area contributed by atoms with Gasteiger partial charge in [-0.15, -0.1) is 0 Å². The van der Waals surface area contributed by atoms with Gasteiger partial charge in [0.05, 0.1) is 17.9 Å². The van der Waals surface area contributed by atoms with Gasteiger partial charge in [0.15, 0.2) is 6.61 Å². The Morgan fingerprint density at radius 3 is 2.45 bits per heavy atom. The molecule has 2 rings (SSSR count). The number of nitrogens with one attached hydrogen (secondary N) is 1. The molecule has 0 atom stereocenters. The number of carbonyl (C=O) groups is 2. The highest BCUT2D eigenvalue weighted by molar-refractivity contribution is 5.98. The largest absolute Gasteiger partial charge is 0.493 e. The van der Waals surface area contributed by atoms with Gasteiger partial charge < -0.3 is 14.5 Å². The van der Waals surface area contributed by atoms with Crippen LogP contribution in [0.5, 0.6) is 5.75 Å². The number of rotatable bonds is 7. The molecule has 116 valence electrons. The number of aromatic nitrogens is 1. The molecule has 5 heteroatoms. The summed E-state index contributed by atoms with van der Waals surface area (Å²) >= 11 is 0. The number of aromatic amines is 1. The number of Topliss-reactive ketones (excluding diaryl/α,β-unsaturated/α-hetero) is 1. The molecular weight excluding hydrogens is 282 g/mol. The second kappa shape index (κ2) is 7.45. The topological polar surface area (TPSA) is 68.4 Å². The van der Waals surface area contributed by atoms with Gasteiger partial charge in [0.2, 0.25) is 5.78 Å². The molecule has 1 aromatic carbocycles. The summed E-state index contributed by atoms with van der Waals surface area (Å²) in [6, 6.07) is 10.0. The zero-order chi connectivity index (χ0) is 15.9. The third kappa shape index (κ3) is 4.48. The Kier molecular flexibility index (Phi) is 5.36. The second-order valence-corrected chi connectivity index (χ2v) is 5.31. The molecule has 0 saturated carbocycles. The molecule has 0 aliphatic heterocycles. The number of ketones is 1. The molecule has 2 aromatic rings. The van der Waals surface area contributed by atoms with Crippen molar-refractivity contribution in [2.24, 2.45) is 5.92 Å². The van der Waals surface area contributed by atoms with Crippen LogP contribution in [0.1, 0.15) is 34.7 Å². The summed E-state index contributed by atoms with van der Waals surface area (Å²) in [4.78, 5) is 26.4. The quantitative estimate of drug-likeness (QED) is 0.630. The average molecular weight is 301 g/mol. The van der Waals surface area contributed by atoms with Gasteiger partial charge >= 0.3 is 5.97 Å². The summed E-state index contributed by atoms with van der Waals surface area (Å²) in [6.07, 6.45) is 1.64. The minimum absolute atomic E-state index is 0.268. The van der Waals surface area contributed by atoms with Crippen LogP contribution in [0.4, 0.5) is 0 Å². The van der Waals surface area contributed by atoms with Crippen LogP contribution < -0.4 is 4.74 Å². The number of benzene rings is 1. The highest BCUT2D eigenvalue weighted by Gasteiger charge is 2.12. The zero-order valence-electron chi connectivity index (χ0n) is 12.7. The van der Waals surface area contributed by atoms with Gasteiger partial charge in [-0.05, 0) is 42.3 Å². The molecule has 0 spiro atoms. The van der Waals surface area contributed by atoms with E-state index in [-0.39, 0.29) is 12.4 Å². The Morgan fingerprint density at radius 1 is 1.14 bits per heavy atom. The molecule has 0 aliphatic carbocycles. The molecule has 1 heterocycles. The number of hydrogen-bond donors (Lipinski definition) is 1. The van der Waals surface area contributed by atoms with Gasteiger partial charge in [0.25, 0.3) is 0 Å². The van der Waals surface area contributed by atoms with E-state index in [9.17, 15) is 9.59 Å². The van der Waals surface area contributed by atoms with Crippen molar-refractivity contribution < 1.29 is 19.1 Å². The number of hydrogen-bond acceptors (Lipinski definition) is 4. The van der Waals surface area contributed by atoms with Gasteiger partial charge in [-0.2, -0.15) is 0 Å². The van der Waals surface area contributed by atoms with Crippen LogP contribution >= 0.6 is 0 Å². The molecule has 0 saturated heterocycles. The van der Waals surface area contributed by atoms with E-state index in [4.69, 9.17) is 9.47 Å². The first-order valence-electron chi connectivity index (χ1n) is 7.13. The van der Waals surface area contributed by atoms with Crippen molar-refractivity contribution in [3.63, 3.8) is 0 Å². The first-order chi connectivity index (χ1) is 10.6. The SMILES string of the molecule is CC(C)COc1ccc(C(=O)OCC(=O)c2ccc[nH]2)cc1. The van der Waals surface area contributed by atoms with Crippen LogP contribution in [0.25, 0.3) is 0 Å². The number of ether oxygens (including phenoxy) is 2. The predicted octanol–water partition coefficient (Wildman–Crippen LogP) is 3.09. The molecule has 22 heavy (non-hydrogen) atoms. The van der Waals surface area contributed by atoms with E-state index in [0.29, 0.717) is 29.5 Å². The lowest BCUT2D eigenvalue weighted by Gasteiger charge is -2.09. The number of H-pyrrole nitrogens is 1. The Labute approximate surface area is 129 Å². The number of esters is 1. The fourth-order valence-corrected chi connectivity index (χ4v) is 1.75. The minimum Gasteiger partial charge on any atom is -0.493 e. The average Bonchev–Trinajstić information content (AvgIpc) is 3.05. The standard InChI is InChI=1S/C17H19NO4/c1-12(2)10-21-14-7-5-13(6-8-14)17(20)22-11-16(19)15-4-3-9-18-15/h3-9,12,18H,10-11H2,1-2H3. The third-order valence-electron chi connectivity index (χ3n) is 2.91. The van der Waals surface area contributed by atoms with Crippen molar-refractivity contribution in [2.45, 2.75) is 13.8 Å². The Balaban J connectivity index is 1.86. The molecule has 0 bridgehead atoms. The van der Waals surface area contributed by atoms with Gasteiger partial charge in [0, 0.05) is 6.20 Å². The lowest BCUT2D eigenvalue weighted by Crippen LogP contribution is -2.14. The van der Waals surface area contributed by atoms with Gasteiger partial charge in [-0.1, -0.05) is 13.8 Å². The smallest absolute Gasteiger partial charge is 0.338 e. The second-order valence-electron chi connectivity index (χ2n) is 5.31. The molecule has 0 amide bonds. The van der Waals surface area contributed by atoms with E-state index in [1.54, 1.807) is 42.6 Å². The van der Waals surface area contributed by atoms with Crippen molar-refractivity contribution in [1.29, 1.82) is 0 Å². The van der Waals surface area contributed by atoms with Crippen molar-refractivity contribution in [2.75, 3.05) is 13.2 Å². The van der Waals surface area contributed by atoms with Gasteiger partial charge in [-0.25, -0.2) is 4.79 Å². The van der Waals surface area contributed by atoms with Crippen LogP contribution in [0.3, 0.4) is 0 Å². The van der Waals surface area contributed by atoms with Crippen LogP contribution in [0.2, 0.25) is 0 Å². The van der Waals surface area contributed by atoms with E-state index >= 15 is 0 Å². The molecule has 1 N–H and O–H groups in total. The van der Waals surface area contributed by atoms with Crippen LogP contribution in [0.15, 0.2) is 42.6 Å². The Morgan fingerprint density at radius 2 is 1.86 bits per heavy atom. The van der Waals surface area contributed by atoms with Gasteiger partial charge in [0.1, 0.15) is 5.75 Å². The molecule has 0 unspecified atom stereocenters. The summed E-state index contributed by atoms with van der Waals surface area (Å²) in [6.45, 7) is 4.46. The summed E-state index contributed by atoms with van der Waals surface area (Å²) in [7, 11) is 0. The lowest BCUT2D eigenvalue weighted by molar-refractivity contribution is 0.0473. The molecule has 5 nitrogen and oxygen atoms in total. The Bertz CT molecular complexity index is 615. The summed E-state index contributed by atoms with van der Waals surface area (Å²) < 4.78 is 10.5. The molecule has 1 aromatic heterocycles. The lowest BCUT2D eigenvalue weighted by atomic mass is 10.2. The molecule has 0 aliphatic rings. The first kappa shape index (κ1) is 15.8. The van der Waals surface area contributed by atoms with Crippen LogP contribution in [-0.2, 0) is 4.74 Å². The number of carbonyl (C=O) groups excluding carboxylic acids is 2. The van der Waals surface area contributed by atoms with Gasteiger partial charge in [-0.3, -0.25) is 4.79 Å². The van der Waals surface area contributed by atoms with Crippen molar-refractivity contribution >= 4 is 11.8 Å². The van der Waals surface area contributed by atoms with E-state index < -0.39 is 5.97 Å². The predicted molar refractivity (Wildman–Crippen MR) is 82.2 cm³/mol. The minimum atomic E-state index is -0.532. The summed E-state index contributed by atoms with van der Waals surface area (Å²) in [5.41, 5.74) is 0.807. The van der Waals surface area contributed by atoms with Crippen molar-refractivity contribution in [3.05, 3.63) is 53.9 Å². The first-order valence-corrected chi connectivity index (χ1v) is 7.13. The highest BCUT2D eigenvalue weighted by Crippen LogP contribution is 2.14. The van der Waals surface area contributed by atoms with E-state index in [0.717, 1.165) is 0 Å². The fraction of sp³-hybridized carbons (Fsp3) is 0.294. The normalized spacial score (nSPS) is 10.5. The Hall–Kier alpha value is -2.56. The zero-order valence-corrected chi connectivity index (χ0v) is 12.7. The molecule has 0 radical (unpaired) electrons. The monoisotopic (exact) mass is 301 g/mol. The maximum Gasteiger partial charge on any atom is 0.338 e.